The maximum Gasteiger partial charge on any atom is 0.326 e. The van der Waals surface area contributed by atoms with Crippen molar-refractivity contribution in [3.8, 4) is 23.0 Å². The Morgan fingerprint density at radius 3 is 1.79 bits per heavy atom. The average molecular weight is 470 g/mol. The Balaban J connectivity index is 1.73. The van der Waals surface area contributed by atoms with Crippen LogP contribution in [0, 0.1) is 0 Å². The summed E-state index contributed by atoms with van der Waals surface area (Å²) in [6.45, 7) is 0.300. The SMILES string of the molecule is O=C(/C=C/c1ccc(O)c(O)c1)NCCCC[C@H](NC(=O)/C=C/c1ccc(O)c(O)c1)C(=O)O. The first-order valence-corrected chi connectivity index (χ1v) is 10.4. The molecule has 0 aliphatic heterocycles. The fourth-order valence-electron chi connectivity index (χ4n) is 2.85. The van der Waals surface area contributed by atoms with E-state index in [9.17, 15) is 39.9 Å². The summed E-state index contributed by atoms with van der Waals surface area (Å²) in [6.07, 6.45) is 6.32. The Morgan fingerprint density at radius 1 is 0.765 bits per heavy atom. The van der Waals surface area contributed by atoms with Gasteiger partial charge >= 0.3 is 5.97 Å². The lowest BCUT2D eigenvalue weighted by atomic mass is 10.1. The molecule has 0 saturated heterocycles. The fraction of sp³-hybridized carbons (Fsp3) is 0.208. The van der Waals surface area contributed by atoms with Gasteiger partial charge in [-0.25, -0.2) is 4.79 Å². The number of carboxylic acid groups (broad SMARTS) is 1. The van der Waals surface area contributed by atoms with E-state index in [2.05, 4.69) is 10.6 Å². The third-order valence-corrected chi connectivity index (χ3v) is 4.69. The molecule has 180 valence electrons. The largest absolute Gasteiger partial charge is 0.504 e. The molecule has 0 bridgehead atoms. The van der Waals surface area contributed by atoms with E-state index in [1.54, 1.807) is 0 Å². The van der Waals surface area contributed by atoms with Gasteiger partial charge in [-0.3, -0.25) is 9.59 Å². The number of amides is 2. The normalized spacial score (nSPS) is 12.0. The zero-order valence-corrected chi connectivity index (χ0v) is 18.1. The van der Waals surface area contributed by atoms with E-state index in [0.717, 1.165) is 6.08 Å². The summed E-state index contributed by atoms with van der Waals surface area (Å²) in [5.41, 5.74) is 0.978. The quantitative estimate of drug-likeness (QED) is 0.148. The van der Waals surface area contributed by atoms with E-state index in [1.807, 2.05) is 0 Å². The van der Waals surface area contributed by atoms with Crippen molar-refractivity contribution in [3.05, 3.63) is 59.7 Å². The van der Waals surface area contributed by atoms with Crippen LogP contribution in [0.2, 0.25) is 0 Å². The minimum atomic E-state index is -1.19. The van der Waals surface area contributed by atoms with Crippen LogP contribution in [0.1, 0.15) is 30.4 Å². The molecule has 10 nitrogen and oxygen atoms in total. The number of nitrogens with one attached hydrogen (secondary N) is 2. The zero-order valence-electron chi connectivity index (χ0n) is 18.1. The van der Waals surface area contributed by atoms with Gasteiger partial charge in [0.15, 0.2) is 23.0 Å². The van der Waals surface area contributed by atoms with Gasteiger partial charge < -0.3 is 36.2 Å². The summed E-state index contributed by atoms with van der Waals surface area (Å²) in [4.78, 5) is 35.3. The van der Waals surface area contributed by atoms with Gasteiger partial charge in [0, 0.05) is 18.7 Å². The number of rotatable bonds is 11. The van der Waals surface area contributed by atoms with Crippen LogP contribution in [0.4, 0.5) is 0 Å². The van der Waals surface area contributed by atoms with E-state index in [-0.39, 0.29) is 35.3 Å². The highest BCUT2D eigenvalue weighted by molar-refractivity contribution is 5.94. The molecule has 0 saturated carbocycles. The molecule has 2 rings (SSSR count). The van der Waals surface area contributed by atoms with Gasteiger partial charge in [-0.15, -0.1) is 0 Å². The zero-order chi connectivity index (χ0) is 25.1. The molecule has 0 aliphatic rings. The molecule has 0 aliphatic carbocycles. The number of aliphatic carboxylic acids is 1. The Labute approximate surface area is 195 Å². The van der Waals surface area contributed by atoms with Crippen LogP contribution in [-0.2, 0) is 14.4 Å². The molecule has 0 radical (unpaired) electrons. The van der Waals surface area contributed by atoms with Gasteiger partial charge in [-0.1, -0.05) is 12.1 Å². The minimum Gasteiger partial charge on any atom is -0.504 e. The molecule has 0 spiro atoms. The molecule has 10 heteroatoms. The van der Waals surface area contributed by atoms with E-state index in [1.165, 1.54) is 54.6 Å². The van der Waals surface area contributed by atoms with Crippen molar-refractivity contribution >= 4 is 29.9 Å². The third-order valence-electron chi connectivity index (χ3n) is 4.69. The number of hydrogen-bond donors (Lipinski definition) is 7. The summed E-state index contributed by atoms with van der Waals surface area (Å²) < 4.78 is 0. The van der Waals surface area contributed by atoms with E-state index in [4.69, 9.17) is 0 Å². The van der Waals surface area contributed by atoms with Gasteiger partial charge in [0.2, 0.25) is 11.8 Å². The van der Waals surface area contributed by atoms with Crippen LogP contribution in [-0.4, -0.2) is 55.9 Å². The number of benzene rings is 2. The average Bonchev–Trinajstić information content (AvgIpc) is 2.79. The highest BCUT2D eigenvalue weighted by Crippen LogP contribution is 2.26. The molecule has 0 heterocycles. The summed E-state index contributed by atoms with van der Waals surface area (Å²) in [5.74, 6) is -3.37. The van der Waals surface area contributed by atoms with Crippen molar-refractivity contribution in [2.24, 2.45) is 0 Å². The molecular formula is C24H26N2O8. The topological polar surface area (TPSA) is 176 Å². The smallest absolute Gasteiger partial charge is 0.326 e. The van der Waals surface area contributed by atoms with Crippen LogP contribution < -0.4 is 10.6 Å². The van der Waals surface area contributed by atoms with Gasteiger partial charge in [0.05, 0.1) is 0 Å². The lowest BCUT2D eigenvalue weighted by molar-refractivity contribution is -0.141. The summed E-state index contributed by atoms with van der Waals surface area (Å²) >= 11 is 0. The lowest BCUT2D eigenvalue weighted by Crippen LogP contribution is -2.40. The second-order valence-electron chi connectivity index (χ2n) is 7.35. The van der Waals surface area contributed by atoms with Gasteiger partial charge in [-0.2, -0.15) is 0 Å². The van der Waals surface area contributed by atoms with Crippen molar-refractivity contribution in [1.29, 1.82) is 0 Å². The number of unbranched alkanes of at least 4 members (excludes halogenated alkanes) is 1. The number of carbonyl (C=O) groups is 3. The molecule has 0 aromatic heterocycles. The first-order chi connectivity index (χ1) is 16.2. The summed E-state index contributed by atoms with van der Waals surface area (Å²) in [6, 6.07) is 7.03. The molecule has 2 aromatic carbocycles. The van der Waals surface area contributed by atoms with Crippen molar-refractivity contribution in [2.75, 3.05) is 6.54 Å². The van der Waals surface area contributed by atoms with E-state index >= 15 is 0 Å². The number of hydrogen-bond acceptors (Lipinski definition) is 7. The first-order valence-electron chi connectivity index (χ1n) is 10.4. The molecule has 2 amide bonds. The number of carboxylic acids is 1. The van der Waals surface area contributed by atoms with Crippen LogP contribution in [0.3, 0.4) is 0 Å². The molecule has 0 unspecified atom stereocenters. The Hall–Kier alpha value is -4.47. The van der Waals surface area contributed by atoms with Crippen LogP contribution >= 0.6 is 0 Å². The number of phenols is 4. The fourth-order valence-corrected chi connectivity index (χ4v) is 2.85. The predicted octanol–water partition coefficient (Wildman–Crippen LogP) is 2.09. The van der Waals surface area contributed by atoms with Crippen molar-refractivity contribution in [3.63, 3.8) is 0 Å². The second-order valence-corrected chi connectivity index (χ2v) is 7.35. The summed E-state index contributed by atoms with van der Waals surface area (Å²) in [5, 5.41) is 51.8. The van der Waals surface area contributed by atoms with Crippen molar-refractivity contribution in [1.82, 2.24) is 10.6 Å². The minimum absolute atomic E-state index is 0.160. The lowest BCUT2D eigenvalue weighted by Gasteiger charge is -2.13. The first kappa shape index (κ1) is 25.8. The maximum atomic E-state index is 12.0. The van der Waals surface area contributed by atoms with E-state index < -0.39 is 17.9 Å². The number of carbonyl (C=O) groups excluding carboxylic acids is 2. The predicted molar refractivity (Wildman–Crippen MR) is 124 cm³/mol. The molecule has 2 aromatic rings. The van der Waals surface area contributed by atoms with Gasteiger partial charge in [0.1, 0.15) is 6.04 Å². The van der Waals surface area contributed by atoms with E-state index in [0.29, 0.717) is 30.5 Å². The second kappa shape index (κ2) is 12.5. The molecule has 7 N–H and O–H groups in total. The number of aromatic hydroxyl groups is 4. The van der Waals surface area contributed by atoms with Gasteiger partial charge in [0.25, 0.3) is 0 Å². The molecular weight excluding hydrogens is 444 g/mol. The number of phenolic OH excluding ortho intramolecular Hbond substituents is 4. The Kier molecular flexibility index (Phi) is 9.51. The van der Waals surface area contributed by atoms with Crippen molar-refractivity contribution < 1.29 is 39.9 Å². The standard InChI is InChI=1S/C24H26N2O8/c27-18-8-4-15(13-20(18)29)6-10-22(31)25-12-2-1-3-17(24(33)34)26-23(32)11-7-16-5-9-19(28)21(30)14-16/h4-11,13-14,17,27-30H,1-3,12H2,(H,25,31)(H,26,32)(H,33,34)/b10-6+,11-7+/t17-/m0/s1. The van der Waals surface area contributed by atoms with Crippen LogP contribution in [0.25, 0.3) is 12.2 Å². The maximum absolute atomic E-state index is 12.0. The van der Waals surface area contributed by atoms with Crippen molar-refractivity contribution in [2.45, 2.75) is 25.3 Å². The molecule has 0 fully saturated rings. The van der Waals surface area contributed by atoms with Crippen LogP contribution in [0.15, 0.2) is 48.6 Å². The van der Waals surface area contributed by atoms with Gasteiger partial charge in [-0.05, 0) is 66.8 Å². The monoisotopic (exact) mass is 470 g/mol. The van der Waals surface area contributed by atoms with Crippen LogP contribution in [0.5, 0.6) is 23.0 Å². The third kappa shape index (κ3) is 8.58. The highest BCUT2D eigenvalue weighted by atomic mass is 16.4. The Morgan fingerprint density at radius 2 is 1.29 bits per heavy atom. The summed E-state index contributed by atoms with van der Waals surface area (Å²) in [7, 11) is 0. The molecule has 34 heavy (non-hydrogen) atoms. The highest BCUT2D eigenvalue weighted by Gasteiger charge is 2.18. The Bertz CT molecular complexity index is 1090. The molecule has 1 atom stereocenters.